The van der Waals surface area contributed by atoms with Gasteiger partial charge in [0.1, 0.15) is 0 Å². The lowest BCUT2D eigenvalue weighted by atomic mass is 9.99. The monoisotopic (exact) mass is 343 g/mol. The van der Waals surface area contributed by atoms with Gasteiger partial charge in [0.2, 0.25) is 0 Å². The van der Waals surface area contributed by atoms with E-state index in [2.05, 4.69) is 20.6 Å². The minimum Gasteiger partial charge on any atom is -0.465 e. The average molecular weight is 344 g/mol. The molecule has 0 spiro atoms. The summed E-state index contributed by atoms with van der Waals surface area (Å²) < 4.78 is 0. The molecule has 2 atom stereocenters. The molecule has 0 radical (unpaired) electrons. The lowest BCUT2D eigenvalue weighted by Crippen LogP contribution is -2.60. The normalized spacial score (nSPS) is 21.3. The highest BCUT2D eigenvalue weighted by molar-refractivity contribution is 6.30. The number of halogens is 1. The van der Waals surface area contributed by atoms with E-state index < -0.39 is 6.09 Å². The molecule has 4 N–H and O–H groups in total. The summed E-state index contributed by atoms with van der Waals surface area (Å²) >= 11 is 5.96. The van der Waals surface area contributed by atoms with Gasteiger partial charge in [-0.2, -0.15) is 0 Å². The molecule has 9 heteroatoms. The number of hydrogen-bond donors (Lipinski definition) is 4. The molecule has 2 amide bonds. The second kappa shape index (κ2) is 7.65. The van der Waals surface area contributed by atoms with Crippen LogP contribution in [0.5, 0.6) is 0 Å². The second-order valence-corrected chi connectivity index (χ2v) is 5.83. The van der Waals surface area contributed by atoms with Crippen LogP contribution in [0.1, 0.15) is 36.6 Å². The van der Waals surface area contributed by atoms with E-state index in [1.165, 1.54) is 4.90 Å². The van der Waals surface area contributed by atoms with Crippen molar-refractivity contribution < 1.29 is 14.7 Å². The highest BCUT2D eigenvalue weighted by Crippen LogP contribution is 2.15. The molecule has 128 valence electrons. The number of aromatic nitrogens is 2. The van der Waals surface area contributed by atoms with Crippen LogP contribution in [0.4, 0.5) is 4.79 Å². The highest BCUT2D eigenvalue weighted by Gasteiger charge is 2.32. The van der Waals surface area contributed by atoms with Gasteiger partial charge in [-0.1, -0.05) is 25.4 Å². The molecule has 0 unspecified atom stereocenters. The molecule has 1 fully saturated rings. The maximum Gasteiger partial charge on any atom is 0.407 e. The number of hydrogen-bond acceptors (Lipinski definition) is 4. The Hall–Kier alpha value is -1.80. The first-order valence-corrected chi connectivity index (χ1v) is 8.10. The Morgan fingerprint density at radius 1 is 1.43 bits per heavy atom. The predicted octanol–water partition coefficient (Wildman–Crippen LogP) is 1.09. The lowest BCUT2D eigenvalue weighted by Gasteiger charge is -2.37. The van der Waals surface area contributed by atoms with Crippen molar-refractivity contribution in [1.29, 1.82) is 0 Å². The van der Waals surface area contributed by atoms with Gasteiger partial charge in [0.25, 0.3) is 5.91 Å². The minimum absolute atomic E-state index is 0.134. The molecular weight excluding hydrogens is 322 g/mol. The number of nitrogens with one attached hydrogen (secondary N) is 3. The number of rotatable bonds is 5. The Labute approximate surface area is 139 Å². The van der Waals surface area contributed by atoms with Crippen LogP contribution in [0.25, 0.3) is 0 Å². The number of aromatic amines is 1. The average Bonchev–Trinajstić information content (AvgIpc) is 2.90. The van der Waals surface area contributed by atoms with Gasteiger partial charge in [-0.3, -0.25) is 4.79 Å². The fourth-order valence-electron chi connectivity index (χ4n) is 2.73. The van der Waals surface area contributed by atoms with Crippen LogP contribution in [0.2, 0.25) is 5.15 Å². The Morgan fingerprint density at radius 2 is 2.17 bits per heavy atom. The van der Waals surface area contributed by atoms with Crippen molar-refractivity contribution in [3.63, 3.8) is 0 Å². The fraction of sp³-hybridized carbons (Fsp3) is 0.643. The summed E-state index contributed by atoms with van der Waals surface area (Å²) in [6, 6.07) is -0.295. The van der Waals surface area contributed by atoms with Crippen LogP contribution in [-0.4, -0.2) is 63.7 Å². The highest BCUT2D eigenvalue weighted by atomic mass is 35.5. The summed E-state index contributed by atoms with van der Waals surface area (Å²) in [4.78, 5) is 31.8. The van der Waals surface area contributed by atoms with Crippen molar-refractivity contribution in [3.05, 3.63) is 16.7 Å². The molecule has 8 nitrogen and oxygen atoms in total. The molecule has 0 saturated carbocycles. The first-order valence-electron chi connectivity index (χ1n) is 7.72. The van der Waals surface area contributed by atoms with Crippen molar-refractivity contribution in [3.8, 4) is 0 Å². The zero-order chi connectivity index (χ0) is 17.0. The topological polar surface area (TPSA) is 110 Å². The number of nitrogens with zero attached hydrogens (tertiary/aromatic N) is 2. The third-order valence-electron chi connectivity index (χ3n) is 3.96. The quantitative estimate of drug-likeness (QED) is 0.639. The molecule has 1 aromatic heterocycles. The summed E-state index contributed by atoms with van der Waals surface area (Å²) in [5.74, 6) is -0.147. The second-order valence-electron chi connectivity index (χ2n) is 5.47. The third-order valence-corrected chi connectivity index (χ3v) is 4.28. The molecule has 2 rings (SSSR count). The van der Waals surface area contributed by atoms with Crippen LogP contribution < -0.4 is 10.6 Å². The fourth-order valence-corrected chi connectivity index (χ4v) is 3.00. The summed E-state index contributed by atoms with van der Waals surface area (Å²) in [6.45, 7) is 5.29. The number of likely N-dealkylation sites (N-methyl/N-ethyl adjacent to an activating group) is 1. The van der Waals surface area contributed by atoms with Crippen LogP contribution in [-0.2, 0) is 6.42 Å². The molecule has 1 saturated heterocycles. The van der Waals surface area contributed by atoms with Gasteiger partial charge >= 0.3 is 6.09 Å². The standard InChI is InChI=1S/C14H22ClN5O3/c1-3-8-11(15)19-12(17-8)13(21)18-9-5-6-20(14(22)23)7-10(9)16-4-2/h9-10,16H,3-7H2,1-2H3,(H,17,19)(H,18,21)(H,22,23)/t9-,10-/m0/s1. The van der Waals surface area contributed by atoms with Crippen molar-refractivity contribution in [2.75, 3.05) is 19.6 Å². The van der Waals surface area contributed by atoms with Gasteiger partial charge in [-0.15, -0.1) is 0 Å². The molecule has 1 aliphatic rings. The minimum atomic E-state index is -0.942. The number of carbonyl (C=O) groups is 2. The number of imidazole rings is 1. The Morgan fingerprint density at radius 3 is 2.74 bits per heavy atom. The maximum atomic E-state index is 12.3. The van der Waals surface area contributed by atoms with E-state index in [0.717, 1.165) is 5.69 Å². The molecule has 0 aliphatic carbocycles. The number of amides is 2. The van der Waals surface area contributed by atoms with E-state index in [1.807, 2.05) is 13.8 Å². The van der Waals surface area contributed by atoms with Gasteiger partial charge in [0.05, 0.1) is 5.69 Å². The Balaban J connectivity index is 2.04. The third kappa shape index (κ3) is 4.14. The van der Waals surface area contributed by atoms with Crippen molar-refractivity contribution in [2.24, 2.45) is 0 Å². The number of aryl methyl sites for hydroxylation is 1. The van der Waals surface area contributed by atoms with E-state index in [1.54, 1.807) is 0 Å². The summed E-state index contributed by atoms with van der Waals surface area (Å²) in [5.41, 5.74) is 0.723. The Bertz CT molecular complexity index is 577. The summed E-state index contributed by atoms with van der Waals surface area (Å²) in [5, 5.41) is 15.6. The van der Waals surface area contributed by atoms with E-state index in [9.17, 15) is 9.59 Å². The summed E-state index contributed by atoms with van der Waals surface area (Å²) in [7, 11) is 0. The molecule has 0 bridgehead atoms. The molecule has 0 aromatic carbocycles. The van der Waals surface area contributed by atoms with Gasteiger partial charge in [-0.25, -0.2) is 9.78 Å². The van der Waals surface area contributed by atoms with E-state index in [0.29, 0.717) is 37.6 Å². The van der Waals surface area contributed by atoms with Crippen molar-refractivity contribution in [2.45, 2.75) is 38.8 Å². The maximum absolute atomic E-state index is 12.3. The van der Waals surface area contributed by atoms with E-state index >= 15 is 0 Å². The molecular formula is C14H22ClN5O3. The Kier molecular flexibility index (Phi) is 5.84. The van der Waals surface area contributed by atoms with Crippen LogP contribution in [0.3, 0.4) is 0 Å². The van der Waals surface area contributed by atoms with Crippen LogP contribution in [0, 0.1) is 0 Å². The molecule has 1 aliphatic heterocycles. The van der Waals surface area contributed by atoms with E-state index in [-0.39, 0.29) is 23.8 Å². The first kappa shape index (κ1) is 17.6. The predicted molar refractivity (Wildman–Crippen MR) is 85.9 cm³/mol. The van der Waals surface area contributed by atoms with Gasteiger partial charge in [0, 0.05) is 25.2 Å². The molecule has 1 aromatic rings. The number of likely N-dealkylation sites (tertiary alicyclic amines) is 1. The molecule has 2 heterocycles. The zero-order valence-corrected chi connectivity index (χ0v) is 14.0. The van der Waals surface area contributed by atoms with Crippen molar-refractivity contribution >= 4 is 23.6 Å². The number of carboxylic acid groups (broad SMARTS) is 1. The van der Waals surface area contributed by atoms with Gasteiger partial charge in [-0.05, 0) is 19.4 Å². The lowest BCUT2D eigenvalue weighted by molar-refractivity contribution is 0.0863. The largest absolute Gasteiger partial charge is 0.465 e. The number of piperidine rings is 1. The van der Waals surface area contributed by atoms with Gasteiger partial charge in [0.15, 0.2) is 11.0 Å². The first-order chi connectivity index (χ1) is 11.0. The van der Waals surface area contributed by atoms with Crippen LogP contribution >= 0.6 is 11.6 Å². The molecule has 23 heavy (non-hydrogen) atoms. The van der Waals surface area contributed by atoms with E-state index in [4.69, 9.17) is 16.7 Å². The number of carbonyl (C=O) groups excluding carboxylic acids is 1. The van der Waals surface area contributed by atoms with Gasteiger partial charge < -0.3 is 25.6 Å². The van der Waals surface area contributed by atoms with Crippen molar-refractivity contribution in [1.82, 2.24) is 25.5 Å². The zero-order valence-electron chi connectivity index (χ0n) is 13.2. The smallest absolute Gasteiger partial charge is 0.407 e. The number of H-pyrrole nitrogens is 1. The SMILES string of the molecule is CCN[C@H]1CN(C(=O)O)CC[C@@H]1NC(=O)c1nc(Cl)c(CC)[nH]1. The van der Waals surface area contributed by atoms with Crippen LogP contribution in [0.15, 0.2) is 0 Å². The summed E-state index contributed by atoms with van der Waals surface area (Å²) in [6.07, 6.45) is 0.268.